The van der Waals surface area contributed by atoms with Gasteiger partial charge >= 0.3 is 0 Å². The molecule has 2 aliphatic heterocycles. The van der Waals surface area contributed by atoms with Gasteiger partial charge in [0, 0.05) is 12.0 Å². The lowest BCUT2D eigenvalue weighted by atomic mass is 9.76. The van der Waals surface area contributed by atoms with Crippen molar-refractivity contribution >= 4 is 11.8 Å². The molecule has 4 nitrogen and oxygen atoms in total. The predicted molar refractivity (Wildman–Crippen MR) is 60.8 cm³/mol. The minimum atomic E-state index is -0.390. The lowest BCUT2D eigenvalue weighted by Gasteiger charge is -2.43. The van der Waals surface area contributed by atoms with E-state index < -0.39 is 5.41 Å². The van der Waals surface area contributed by atoms with Gasteiger partial charge in [-0.15, -0.1) is 0 Å². The molecular formula is C12H20N2O2. The van der Waals surface area contributed by atoms with Gasteiger partial charge < -0.3 is 0 Å². The molecule has 0 saturated carbocycles. The van der Waals surface area contributed by atoms with Crippen molar-refractivity contribution in [2.45, 2.75) is 45.6 Å². The van der Waals surface area contributed by atoms with Crippen molar-refractivity contribution in [1.82, 2.24) is 10.2 Å². The SMILES string of the molecule is CC(C)(C)N1CCC2(CC1)CC(=O)NC2=O. The molecule has 1 spiro atoms. The normalized spacial score (nSPS) is 26.2. The highest BCUT2D eigenvalue weighted by Crippen LogP contribution is 2.39. The summed E-state index contributed by atoms with van der Waals surface area (Å²) in [7, 11) is 0. The maximum absolute atomic E-state index is 11.8. The Hall–Kier alpha value is -0.900. The molecule has 1 N–H and O–H groups in total. The molecule has 4 heteroatoms. The molecular weight excluding hydrogens is 204 g/mol. The molecule has 2 saturated heterocycles. The largest absolute Gasteiger partial charge is 0.298 e. The third kappa shape index (κ3) is 1.86. The number of rotatable bonds is 0. The Bertz CT molecular complexity index is 322. The van der Waals surface area contributed by atoms with Crippen LogP contribution in [0, 0.1) is 5.41 Å². The summed E-state index contributed by atoms with van der Waals surface area (Å²) < 4.78 is 0. The van der Waals surface area contributed by atoms with E-state index >= 15 is 0 Å². The van der Waals surface area contributed by atoms with Crippen molar-refractivity contribution in [3.05, 3.63) is 0 Å². The van der Waals surface area contributed by atoms with Gasteiger partial charge in [0.2, 0.25) is 11.8 Å². The van der Waals surface area contributed by atoms with Crippen LogP contribution in [0.5, 0.6) is 0 Å². The number of amides is 2. The molecule has 0 atom stereocenters. The topological polar surface area (TPSA) is 49.4 Å². The average Bonchev–Trinajstić information content (AvgIpc) is 2.41. The van der Waals surface area contributed by atoms with Gasteiger partial charge in [0.25, 0.3) is 0 Å². The number of hydrogen-bond acceptors (Lipinski definition) is 3. The lowest BCUT2D eigenvalue weighted by molar-refractivity contribution is -0.131. The van der Waals surface area contributed by atoms with Crippen molar-refractivity contribution in [2.24, 2.45) is 5.41 Å². The van der Waals surface area contributed by atoms with E-state index in [2.05, 4.69) is 31.0 Å². The Labute approximate surface area is 96.4 Å². The molecule has 0 bridgehead atoms. The van der Waals surface area contributed by atoms with Gasteiger partial charge in [-0.2, -0.15) is 0 Å². The summed E-state index contributed by atoms with van der Waals surface area (Å²) in [6.45, 7) is 8.37. The first-order valence-electron chi connectivity index (χ1n) is 5.93. The average molecular weight is 224 g/mol. The van der Waals surface area contributed by atoms with E-state index in [-0.39, 0.29) is 17.4 Å². The van der Waals surface area contributed by atoms with Crippen LogP contribution in [0.25, 0.3) is 0 Å². The Morgan fingerprint density at radius 2 is 1.75 bits per heavy atom. The van der Waals surface area contributed by atoms with Crippen molar-refractivity contribution in [3.8, 4) is 0 Å². The number of carbonyl (C=O) groups excluding carboxylic acids is 2. The standard InChI is InChI=1S/C12H20N2O2/c1-11(2,3)14-6-4-12(5-7-14)8-9(15)13-10(12)16/h4-8H2,1-3H3,(H,13,15,16). The number of likely N-dealkylation sites (tertiary alicyclic amines) is 1. The van der Waals surface area contributed by atoms with E-state index in [9.17, 15) is 9.59 Å². The summed E-state index contributed by atoms with van der Waals surface area (Å²) >= 11 is 0. The van der Waals surface area contributed by atoms with Gasteiger partial charge in [0.15, 0.2) is 0 Å². The fraction of sp³-hybridized carbons (Fsp3) is 0.833. The van der Waals surface area contributed by atoms with Crippen LogP contribution in [-0.4, -0.2) is 35.3 Å². The van der Waals surface area contributed by atoms with Crippen LogP contribution in [0.4, 0.5) is 0 Å². The van der Waals surface area contributed by atoms with E-state index in [1.807, 2.05) is 0 Å². The van der Waals surface area contributed by atoms with Crippen molar-refractivity contribution in [2.75, 3.05) is 13.1 Å². The second-order valence-electron chi connectivity index (χ2n) is 5.99. The van der Waals surface area contributed by atoms with Gasteiger partial charge in [-0.25, -0.2) is 0 Å². The Morgan fingerprint density at radius 3 is 2.12 bits per heavy atom. The van der Waals surface area contributed by atoms with Crippen LogP contribution in [0.1, 0.15) is 40.0 Å². The van der Waals surface area contributed by atoms with Crippen LogP contribution in [0.3, 0.4) is 0 Å². The second kappa shape index (κ2) is 3.55. The summed E-state index contributed by atoms with van der Waals surface area (Å²) in [6, 6.07) is 0. The van der Waals surface area contributed by atoms with Crippen LogP contribution in [0.2, 0.25) is 0 Å². The molecule has 0 aliphatic carbocycles. The fourth-order valence-corrected chi connectivity index (χ4v) is 2.70. The van der Waals surface area contributed by atoms with E-state index in [4.69, 9.17) is 0 Å². The molecule has 0 radical (unpaired) electrons. The molecule has 2 heterocycles. The van der Waals surface area contributed by atoms with Crippen molar-refractivity contribution in [1.29, 1.82) is 0 Å². The van der Waals surface area contributed by atoms with Crippen LogP contribution < -0.4 is 5.32 Å². The first kappa shape index (κ1) is 11.6. The van der Waals surface area contributed by atoms with Crippen LogP contribution in [-0.2, 0) is 9.59 Å². The van der Waals surface area contributed by atoms with Crippen LogP contribution >= 0.6 is 0 Å². The molecule has 0 aromatic rings. The second-order valence-corrected chi connectivity index (χ2v) is 5.99. The van der Waals surface area contributed by atoms with Gasteiger partial charge in [0.05, 0.1) is 5.41 Å². The fourth-order valence-electron chi connectivity index (χ4n) is 2.70. The number of imide groups is 1. The monoisotopic (exact) mass is 224 g/mol. The number of carbonyl (C=O) groups is 2. The highest BCUT2D eigenvalue weighted by atomic mass is 16.2. The molecule has 16 heavy (non-hydrogen) atoms. The summed E-state index contributed by atoms with van der Waals surface area (Å²) in [6.07, 6.45) is 2.01. The molecule has 90 valence electrons. The summed E-state index contributed by atoms with van der Waals surface area (Å²) in [5.41, 5.74) is -0.237. The number of hydrogen-bond donors (Lipinski definition) is 1. The predicted octanol–water partition coefficient (Wildman–Crippen LogP) is 0.914. The van der Waals surface area contributed by atoms with Gasteiger partial charge in [-0.3, -0.25) is 19.8 Å². The van der Waals surface area contributed by atoms with Gasteiger partial charge in [-0.1, -0.05) is 0 Å². The Balaban J connectivity index is 2.05. The highest BCUT2D eigenvalue weighted by molar-refractivity contribution is 6.05. The van der Waals surface area contributed by atoms with E-state index in [1.165, 1.54) is 0 Å². The first-order chi connectivity index (χ1) is 7.33. The zero-order valence-corrected chi connectivity index (χ0v) is 10.3. The zero-order chi connectivity index (χ0) is 12.0. The third-order valence-corrected chi connectivity index (χ3v) is 3.90. The highest BCUT2D eigenvalue weighted by Gasteiger charge is 2.48. The molecule has 2 rings (SSSR count). The molecule has 2 aliphatic rings. The Morgan fingerprint density at radius 1 is 1.19 bits per heavy atom. The van der Waals surface area contributed by atoms with Gasteiger partial charge in [-0.05, 0) is 46.7 Å². The summed E-state index contributed by atoms with van der Waals surface area (Å²) in [5.74, 6) is -0.153. The smallest absolute Gasteiger partial charge is 0.233 e. The maximum Gasteiger partial charge on any atom is 0.233 e. The first-order valence-corrected chi connectivity index (χ1v) is 5.93. The third-order valence-electron chi connectivity index (χ3n) is 3.90. The van der Waals surface area contributed by atoms with E-state index in [0.29, 0.717) is 6.42 Å². The van der Waals surface area contributed by atoms with Gasteiger partial charge in [0.1, 0.15) is 0 Å². The quantitative estimate of drug-likeness (QED) is 0.622. The van der Waals surface area contributed by atoms with Crippen molar-refractivity contribution < 1.29 is 9.59 Å². The van der Waals surface area contributed by atoms with Crippen LogP contribution in [0.15, 0.2) is 0 Å². The molecule has 2 amide bonds. The Kier molecular flexibility index (Phi) is 2.57. The number of nitrogens with zero attached hydrogens (tertiary/aromatic N) is 1. The molecule has 2 fully saturated rings. The lowest BCUT2D eigenvalue weighted by Crippen LogP contribution is -2.50. The molecule has 0 aromatic carbocycles. The molecule has 0 aromatic heterocycles. The minimum Gasteiger partial charge on any atom is -0.298 e. The van der Waals surface area contributed by atoms with Crippen molar-refractivity contribution in [3.63, 3.8) is 0 Å². The summed E-state index contributed by atoms with van der Waals surface area (Å²) in [5, 5.41) is 2.43. The maximum atomic E-state index is 11.8. The molecule has 0 unspecified atom stereocenters. The van der Waals surface area contributed by atoms with E-state index in [1.54, 1.807) is 0 Å². The minimum absolute atomic E-state index is 0.0499. The zero-order valence-electron chi connectivity index (χ0n) is 10.3. The van der Waals surface area contributed by atoms with E-state index in [0.717, 1.165) is 25.9 Å². The number of piperidine rings is 1. The summed E-state index contributed by atoms with van der Waals surface area (Å²) in [4.78, 5) is 25.4. The number of nitrogens with one attached hydrogen (secondary N) is 1.